The van der Waals surface area contributed by atoms with Crippen LogP contribution < -0.4 is 5.73 Å². The van der Waals surface area contributed by atoms with Crippen LogP contribution in [0, 0.1) is 11.8 Å². The third-order valence-corrected chi connectivity index (χ3v) is 2.58. The standard InChI is InChI=1S/C8H17N/c1-6-4-5-7(6)8(2,3)9/h6-7H,4-5,9H2,1-3H3/t6-,7+/m1/s1. The fraction of sp³-hybridized carbons (Fsp3) is 1.00. The van der Waals surface area contributed by atoms with Gasteiger partial charge in [0.25, 0.3) is 0 Å². The minimum Gasteiger partial charge on any atom is -0.325 e. The quantitative estimate of drug-likeness (QED) is 0.570. The molecule has 0 spiro atoms. The third-order valence-electron chi connectivity index (χ3n) is 2.58. The predicted molar refractivity (Wildman–Crippen MR) is 40.2 cm³/mol. The van der Waals surface area contributed by atoms with Gasteiger partial charge in [-0.2, -0.15) is 0 Å². The molecule has 0 unspecified atom stereocenters. The highest BCUT2D eigenvalue weighted by Crippen LogP contribution is 2.39. The zero-order chi connectivity index (χ0) is 7.07. The van der Waals surface area contributed by atoms with Crippen molar-refractivity contribution < 1.29 is 0 Å². The molecule has 54 valence electrons. The number of rotatable bonds is 1. The second-order valence-corrected chi connectivity index (χ2v) is 3.98. The van der Waals surface area contributed by atoms with Gasteiger partial charge in [0.05, 0.1) is 0 Å². The van der Waals surface area contributed by atoms with E-state index in [1.165, 1.54) is 12.8 Å². The lowest BCUT2D eigenvalue weighted by molar-refractivity contribution is 0.114. The minimum absolute atomic E-state index is 0.0671. The topological polar surface area (TPSA) is 26.0 Å². The first-order valence-corrected chi connectivity index (χ1v) is 3.80. The Morgan fingerprint density at radius 2 is 1.89 bits per heavy atom. The first-order valence-electron chi connectivity index (χ1n) is 3.80. The summed E-state index contributed by atoms with van der Waals surface area (Å²) in [5, 5.41) is 0. The molecule has 0 amide bonds. The van der Waals surface area contributed by atoms with Gasteiger partial charge in [-0.05, 0) is 32.1 Å². The fourth-order valence-corrected chi connectivity index (χ4v) is 1.77. The molecule has 1 nitrogen and oxygen atoms in total. The lowest BCUT2D eigenvalue weighted by atomic mass is 9.66. The summed E-state index contributed by atoms with van der Waals surface area (Å²) in [5.74, 6) is 1.64. The van der Waals surface area contributed by atoms with Gasteiger partial charge in [-0.25, -0.2) is 0 Å². The molecule has 9 heavy (non-hydrogen) atoms. The van der Waals surface area contributed by atoms with E-state index >= 15 is 0 Å². The highest BCUT2D eigenvalue weighted by Gasteiger charge is 2.36. The highest BCUT2D eigenvalue weighted by molar-refractivity contribution is 4.91. The molecule has 0 aromatic carbocycles. The summed E-state index contributed by atoms with van der Waals surface area (Å²) in [6.45, 7) is 6.56. The van der Waals surface area contributed by atoms with Crippen LogP contribution in [0.4, 0.5) is 0 Å². The van der Waals surface area contributed by atoms with Gasteiger partial charge in [0.2, 0.25) is 0 Å². The maximum absolute atomic E-state index is 5.93. The van der Waals surface area contributed by atoms with Crippen LogP contribution in [0.2, 0.25) is 0 Å². The average molecular weight is 127 g/mol. The normalized spacial score (nSPS) is 36.0. The van der Waals surface area contributed by atoms with Crippen molar-refractivity contribution in [1.29, 1.82) is 0 Å². The van der Waals surface area contributed by atoms with Crippen LogP contribution in [0.15, 0.2) is 0 Å². The van der Waals surface area contributed by atoms with Gasteiger partial charge in [-0.3, -0.25) is 0 Å². The lowest BCUT2D eigenvalue weighted by Gasteiger charge is -2.43. The van der Waals surface area contributed by atoms with Gasteiger partial charge in [-0.1, -0.05) is 13.3 Å². The minimum atomic E-state index is 0.0671. The molecule has 2 atom stereocenters. The molecule has 0 radical (unpaired) electrons. The first kappa shape index (κ1) is 7.07. The number of hydrogen-bond acceptors (Lipinski definition) is 1. The maximum atomic E-state index is 5.93. The Bertz CT molecular complexity index is 102. The summed E-state index contributed by atoms with van der Waals surface area (Å²) in [4.78, 5) is 0. The highest BCUT2D eigenvalue weighted by atomic mass is 14.7. The predicted octanol–water partition coefficient (Wildman–Crippen LogP) is 1.77. The van der Waals surface area contributed by atoms with Crippen molar-refractivity contribution in [2.24, 2.45) is 17.6 Å². The van der Waals surface area contributed by atoms with Gasteiger partial charge in [0, 0.05) is 5.54 Å². The monoisotopic (exact) mass is 127 g/mol. The van der Waals surface area contributed by atoms with E-state index < -0.39 is 0 Å². The lowest BCUT2D eigenvalue weighted by Crippen LogP contribution is -2.48. The summed E-state index contributed by atoms with van der Waals surface area (Å²) in [6.07, 6.45) is 2.72. The van der Waals surface area contributed by atoms with Crippen LogP contribution in [0.25, 0.3) is 0 Å². The first-order chi connectivity index (χ1) is 4.02. The molecular formula is C8H17N. The molecule has 1 aliphatic rings. The second kappa shape index (κ2) is 1.98. The molecule has 0 heterocycles. The van der Waals surface area contributed by atoms with Crippen LogP contribution in [0.5, 0.6) is 0 Å². The van der Waals surface area contributed by atoms with Crippen LogP contribution in [-0.4, -0.2) is 5.54 Å². The average Bonchev–Trinajstić information content (AvgIpc) is 1.57. The van der Waals surface area contributed by atoms with Gasteiger partial charge in [0.1, 0.15) is 0 Å². The van der Waals surface area contributed by atoms with Crippen molar-refractivity contribution in [1.82, 2.24) is 0 Å². The SMILES string of the molecule is C[C@@H]1CC[C@@H]1C(C)(C)N. The molecule has 1 rings (SSSR count). The van der Waals surface area contributed by atoms with Gasteiger partial charge in [-0.15, -0.1) is 0 Å². The second-order valence-electron chi connectivity index (χ2n) is 3.98. The summed E-state index contributed by atoms with van der Waals surface area (Å²) < 4.78 is 0. The van der Waals surface area contributed by atoms with Crippen molar-refractivity contribution in [2.75, 3.05) is 0 Å². The van der Waals surface area contributed by atoms with E-state index in [9.17, 15) is 0 Å². The zero-order valence-corrected chi connectivity index (χ0v) is 6.65. The Hall–Kier alpha value is -0.0400. The summed E-state index contributed by atoms with van der Waals surface area (Å²) in [5.41, 5.74) is 6.00. The van der Waals surface area contributed by atoms with Gasteiger partial charge >= 0.3 is 0 Å². The third kappa shape index (κ3) is 1.26. The van der Waals surface area contributed by atoms with E-state index in [1.54, 1.807) is 0 Å². The Balaban J connectivity index is 2.44. The van der Waals surface area contributed by atoms with E-state index in [2.05, 4.69) is 20.8 Å². The smallest absolute Gasteiger partial charge is 0.0128 e. The van der Waals surface area contributed by atoms with E-state index in [0.717, 1.165) is 11.8 Å². The van der Waals surface area contributed by atoms with Crippen LogP contribution >= 0.6 is 0 Å². The molecular weight excluding hydrogens is 110 g/mol. The number of hydrogen-bond donors (Lipinski definition) is 1. The van der Waals surface area contributed by atoms with Crippen molar-refractivity contribution in [3.8, 4) is 0 Å². The number of nitrogens with two attached hydrogens (primary N) is 1. The molecule has 0 aromatic rings. The largest absolute Gasteiger partial charge is 0.325 e. The summed E-state index contributed by atoms with van der Waals surface area (Å²) in [6, 6.07) is 0. The molecule has 0 aliphatic heterocycles. The summed E-state index contributed by atoms with van der Waals surface area (Å²) in [7, 11) is 0. The maximum Gasteiger partial charge on any atom is 0.0128 e. The van der Waals surface area contributed by atoms with Crippen LogP contribution in [0.1, 0.15) is 33.6 Å². The Morgan fingerprint density at radius 1 is 1.33 bits per heavy atom. The molecule has 0 bridgehead atoms. The Kier molecular flexibility index (Phi) is 1.55. The Labute approximate surface area is 57.6 Å². The van der Waals surface area contributed by atoms with Crippen LogP contribution in [0.3, 0.4) is 0 Å². The Morgan fingerprint density at radius 3 is 1.89 bits per heavy atom. The van der Waals surface area contributed by atoms with Gasteiger partial charge in [0.15, 0.2) is 0 Å². The van der Waals surface area contributed by atoms with Crippen molar-refractivity contribution in [2.45, 2.75) is 39.2 Å². The molecule has 0 aromatic heterocycles. The van der Waals surface area contributed by atoms with Crippen molar-refractivity contribution in [3.05, 3.63) is 0 Å². The van der Waals surface area contributed by atoms with Crippen LogP contribution in [-0.2, 0) is 0 Å². The molecule has 2 N–H and O–H groups in total. The zero-order valence-electron chi connectivity index (χ0n) is 6.65. The van der Waals surface area contributed by atoms with E-state index in [0.29, 0.717) is 0 Å². The molecule has 1 saturated carbocycles. The van der Waals surface area contributed by atoms with Gasteiger partial charge < -0.3 is 5.73 Å². The van der Waals surface area contributed by atoms with E-state index in [-0.39, 0.29) is 5.54 Å². The van der Waals surface area contributed by atoms with Crippen molar-refractivity contribution >= 4 is 0 Å². The van der Waals surface area contributed by atoms with E-state index in [4.69, 9.17) is 5.73 Å². The van der Waals surface area contributed by atoms with E-state index in [1.807, 2.05) is 0 Å². The molecule has 0 saturated heterocycles. The van der Waals surface area contributed by atoms with Crippen molar-refractivity contribution in [3.63, 3.8) is 0 Å². The fourth-order valence-electron chi connectivity index (χ4n) is 1.77. The summed E-state index contributed by atoms with van der Waals surface area (Å²) >= 11 is 0. The molecule has 1 aliphatic carbocycles. The molecule has 1 heteroatoms. The molecule has 1 fully saturated rings.